The van der Waals surface area contributed by atoms with Crippen molar-refractivity contribution in [1.29, 1.82) is 0 Å². The summed E-state index contributed by atoms with van der Waals surface area (Å²) in [6, 6.07) is -0.121. The van der Waals surface area contributed by atoms with Crippen molar-refractivity contribution in [3.63, 3.8) is 0 Å². The molecule has 2 saturated heterocycles. The largest absolute Gasteiger partial charge is 0.389 e. The van der Waals surface area contributed by atoms with Crippen LogP contribution in [0.3, 0.4) is 0 Å². The van der Waals surface area contributed by atoms with Gasteiger partial charge in [0.05, 0.1) is 39.9 Å². The van der Waals surface area contributed by atoms with Gasteiger partial charge in [0.1, 0.15) is 5.69 Å². The van der Waals surface area contributed by atoms with Crippen molar-refractivity contribution in [3.05, 3.63) is 22.4 Å². The average molecular weight is 396 g/mol. The van der Waals surface area contributed by atoms with Crippen LogP contribution >= 0.6 is 22.9 Å². The van der Waals surface area contributed by atoms with E-state index in [1.165, 1.54) is 0 Å². The second-order valence-corrected chi connectivity index (χ2v) is 8.35. The van der Waals surface area contributed by atoms with Crippen LogP contribution in [0.1, 0.15) is 23.8 Å². The van der Waals surface area contributed by atoms with Crippen molar-refractivity contribution < 1.29 is 9.84 Å². The summed E-state index contributed by atoms with van der Waals surface area (Å²) in [6.45, 7) is 3.09. The van der Waals surface area contributed by atoms with Crippen molar-refractivity contribution in [2.45, 2.75) is 30.9 Å². The Labute approximate surface area is 161 Å². The minimum atomic E-state index is -0.569. The standard InChI is InChI=1S/C17H22ClN5O2S/c1-23-4-2-10(8-23)16-19-7-14(26-16)15-11(18)6-20-17(22-15)21-12-3-5-25-9-13(12)24/h6-7,10,12-13,24H,2-5,8-9H2,1H3,(H,20,21,22)/t10-,12-,13-/m1/s1. The summed E-state index contributed by atoms with van der Waals surface area (Å²) in [7, 11) is 2.14. The Kier molecular flexibility index (Phi) is 5.37. The number of aromatic nitrogens is 3. The molecule has 2 aromatic heterocycles. The maximum atomic E-state index is 10.0. The molecule has 0 spiro atoms. The van der Waals surface area contributed by atoms with E-state index in [1.807, 2.05) is 6.20 Å². The number of hydrogen-bond acceptors (Lipinski definition) is 8. The van der Waals surface area contributed by atoms with Crippen molar-refractivity contribution in [3.8, 4) is 10.6 Å². The van der Waals surface area contributed by atoms with Gasteiger partial charge in [0.25, 0.3) is 0 Å². The van der Waals surface area contributed by atoms with Gasteiger partial charge in [-0.15, -0.1) is 11.3 Å². The highest BCUT2D eigenvalue weighted by Crippen LogP contribution is 2.36. The summed E-state index contributed by atoms with van der Waals surface area (Å²) in [4.78, 5) is 16.7. The molecule has 7 nitrogen and oxygen atoms in total. The molecule has 26 heavy (non-hydrogen) atoms. The predicted octanol–water partition coefficient (Wildman–Crippen LogP) is 2.23. The van der Waals surface area contributed by atoms with Crippen LogP contribution in [0.5, 0.6) is 0 Å². The number of anilines is 1. The van der Waals surface area contributed by atoms with E-state index in [0.717, 1.165) is 29.4 Å². The first-order valence-electron chi connectivity index (χ1n) is 8.79. The Bertz CT molecular complexity index is 773. The van der Waals surface area contributed by atoms with E-state index in [1.54, 1.807) is 17.5 Å². The van der Waals surface area contributed by atoms with Gasteiger partial charge in [0.15, 0.2) is 0 Å². The number of likely N-dealkylation sites (N-methyl/N-ethyl adjacent to an activating group) is 1. The maximum Gasteiger partial charge on any atom is 0.223 e. The molecular weight excluding hydrogens is 374 g/mol. The Morgan fingerprint density at radius 3 is 3.00 bits per heavy atom. The smallest absolute Gasteiger partial charge is 0.223 e. The number of aliphatic hydroxyl groups is 1. The molecule has 0 radical (unpaired) electrons. The molecule has 0 amide bonds. The molecule has 140 valence electrons. The van der Waals surface area contributed by atoms with Crippen LogP contribution in [0, 0.1) is 0 Å². The molecule has 2 aliphatic rings. The lowest BCUT2D eigenvalue weighted by Crippen LogP contribution is -2.42. The molecule has 2 aliphatic heterocycles. The van der Waals surface area contributed by atoms with Gasteiger partial charge in [-0.2, -0.15) is 0 Å². The quantitative estimate of drug-likeness (QED) is 0.821. The predicted molar refractivity (Wildman–Crippen MR) is 102 cm³/mol. The first kappa shape index (κ1) is 18.1. The zero-order valence-corrected chi connectivity index (χ0v) is 16.1. The summed E-state index contributed by atoms with van der Waals surface area (Å²) in [6.07, 6.45) is 4.72. The topological polar surface area (TPSA) is 83.4 Å². The first-order valence-corrected chi connectivity index (χ1v) is 9.99. The van der Waals surface area contributed by atoms with E-state index in [9.17, 15) is 5.11 Å². The van der Waals surface area contributed by atoms with Gasteiger partial charge in [0.2, 0.25) is 5.95 Å². The number of thiazole rings is 1. The second-order valence-electron chi connectivity index (χ2n) is 6.88. The van der Waals surface area contributed by atoms with Gasteiger partial charge in [-0.25, -0.2) is 15.0 Å². The zero-order chi connectivity index (χ0) is 18.1. The number of nitrogens with zero attached hydrogens (tertiary/aromatic N) is 4. The highest BCUT2D eigenvalue weighted by Gasteiger charge is 2.26. The van der Waals surface area contributed by atoms with Crippen LogP contribution in [-0.2, 0) is 4.74 Å². The molecule has 0 aliphatic carbocycles. The van der Waals surface area contributed by atoms with Crippen LogP contribution in [0.2, 0.25) is 5.02 Å². The summed E-state index contributed by atoms with van der Waals surface area (Å²) in [5, 5.41) is 14.9. The molecule has 0 unspecified atom stereocenters. The highest BCUT2D eigenvalue weighted by atomic mass is 35.5. The lowest BCUT2D eigenvalue weighted by molar-refractivity contribution is -0.0136. The molecule has 2 fully saturated rings. The molecule has 0 bridgehead atoms. The highest BCUT2D eigenvalue weighted by molar-refractivity contribution is 7.15. The molecular formula is C17H22ClN5O2S. The third-order valence-electron chi connectivity index (χ3n) is 4.88. The Morgan fingerprint density at radius 1 is 1.35 bits per heavy atom. The van der Waals surface area contributed by atoms with E-state index in [0.29, 0.717) is 42.2 Å². The van der Waals surface area contributed by atoms with Crippen LogP contribution in [0.4, 0.5) is 5.95 Å². The number of likely N-dealkylation sites (tertiary alicyclic amines) is 1. The zero-order valence-electron chi connectivity index (χ0n) is 14.6. The van der Waals surface area contributed by atoms with Crippen molar-refractivity contribution in [1.82, 2.24) is 19.9 Å². The minimum Gasteiger partial charge on any atom is -0.389 e. The van der Waals surface area contributed by atoms with E-state index in [-0.39, 0.29) is 6.04 Å². The normalized spacial score (nSPS) is 27.0. The van der Waals surface area contributed by atoms with Crippen molar-refractivity contribution in [2.75, 3.05) is 38.7 Å². The van der Waals surface area contributed by atoms with Crippen LogP contribution in [0.15, 0.2) is 12.4 Å². The van der Waals surface area contributed by atoms with Crippen LogP contribution in [0.25, 0.3) is 10.6 Å². The lowest BCUT2D eigenvalue weighted by Gasteiger charge is -2.28. The fourth-order valence-electron chi connectivity index (χ4n) is 3.39. The summed E-state index contributed by atoms with van der Waals surface area (Å²) < 4.78 is 5.26. The first-order chi connectivity index (χ1) is 12.6. The van der Waals surface area contributed by atoms with Gasteiger partial charge in [0, 0.05) is 25.3 Å². The fourth-order valence-corrected chi connectivity index (χ4v) is 4.69. The molecule has 0 aromatic carbocycles. The molecule has 0 saturated carbocycles. The lowest BCUT2D eigenvalue weighted by atomic mass is 10.1. The minimum absolute atomic E-state index is 0.121. The van der Waals surface area contributed by atoms with Gasteiger partial charge < -0.3 is 20.1 Å². The van der Waals surface area contributed by atoms with E-state index < -0.39 is 6.10 Å². The monoisotopic (exact) mass is 395 g/mol. The second kappa shape index (κ2) is 7.74. The van der Waals surface area contributed by atoms with Gasteiger partial charge in [-0.05, 0) is 26.4 Å². The van der Waals surface area contributed by atoms with E-state index in [2.05, 4.69) is 32.2 Å². The number of rotatable bonds is 4. The Morgan fingerprint density at radius 2 is 2.23 bits per heavy atom. The Balaban J connectivity index is 1.54. The number of halogens is 1. The third-order valence-corrected chi connectivity index (χ3v) is 6.33. The van der Waals surface area contributed by atoms with Gasteiger partial charge in [-0.3, -0.25) is 0 Å². The van der Waals surface area contributed by atoms with Crippen LogP contribution < -0.4 is 5.32 Å². The van der Waals surface area contributed by atoms with Crippen molar-refractivity contribution >= 4 is 28.9 Å². The number of aliphatic hydroxyl groups excluding tert-OH is 1. The SMILES string of the molecule is CN1CC[C@@H](c2ncc(-c3nc(N[C@@H]4CCOC[C@H]4O)ncc3Cl)s2)C1. The maximum absolute atomic E-state index is 10.0. The van der Waals surface area contributed by atoms with Crippen molar-refractivity contribution in [2.24, 2.45) is 0 Å². The third kappa shape index (κ3) is 3.84. The number of ether oxygens (including phenoxy) is 1. The van der Waals surface area contributed by atoms with Gasteiger partial charge in [-0.1, -0.05) is 11.6 Å². The molecule has 9 heteroatoms. The summed E-state index contributed by atoms with van der Waals surface area (Å²) in [5.41, 5.74) is 0.681. The van der Waals surface area contributed by atoms with Crippen LogP contribution in [-0.4, -0.2) is 70.5 Å². The number of nitrogens with one attached hydrogen (secondary N) is 1. The number of hydrogen-bond donors (Lipinski definition) is 2. The average Bonchev–Trinajstić information content (AvgIpc) is 3.27. The van der Waals surface area contributed by atoms with Gasteiger partial charge >= 0.3 is 0 Å². The Hall–Kier alpha value is -1.32. The summed E-state index contributed by atoms with van der Waals surface area (Å²) >= 11 is 7.99. The molecule has 2 aromatic rings. The molecule has 4 heterocycles. The summed E-state index contributed by atoms with van der Waals surface area (Å²) in [5.74, 6) is 0.945. The van der Waals surface area contributed by atoms with E-state index >= 15 is 0 Å². The molecule has 4 rings (SSSR count). The molecule has 3 atom stereocenters. The fraction of sp³-hybridized carbons (Fsp3) is 0.588. The van der Waals surface area contributed by atoms with E-state index in [4.69, 9.17) is 16.3 Å². The molecule has 2 N–H and O–H groups in total.